The fraction of sp³-hybridized carbons (Fsp3) is 0.353. The molecule has 0 N–H and O–H groups in total. The van der Waals surface area contributed by atoms with Gasteiger partial charge in [0, 0.05) is 25.2 Å². The van der Waals surface area contributed by atoms with Crippen LogP contribution >= 0.6 is 0 Å². The maximum absolute atomic E-state index is 13.7. The van der Waals surface area contributed by atoms with Crippen molar-refractivity contribution < 1.29 is 13.6 Å². The average Bonchev–Trinajstić information content (AvgIpc) is 2.49. The maximum atomic E-state index is 13.7. The summed E-state index contributed by atoms with van der Waals surface area (Å²) < 4.78 is 27.4. The molecule has 0 saturated carbocycles. The van der Waals surface area contributed by atoms with Crippen molar-refractivity contribution in [2.75, 3.05) is 26.2 Å². The number of hydrogen-bond acceptors (Lipinski definition) is 2. The van der Waals surface area contributed by atoms with Crippen LogP contribution in [0.4, 0.5) is 8.78 Å². The average molecular weight is 308 g/mol. The van der Waals surface area contributed by atoms with Crippen LogP contribution in [0.15, 0.2) is 43.5 Å². The van der Waals surface area contributed by atoms with Gasteiger partial charge in [-0.2, -0.15) is 0 Å². The van der Waals surface area contributed by atoms with E-state index < -0.39 is 11.6 Å². The van der Waals surface area contributed by atoms with Gasteiger partial charge in [-0.3, -0.25) is 9.69 Å². The van der Waals surface area contributed by atoms with Gasteiger partial charge < -0.3 is 4.90 Å². The highest BCUT2D eigenvalue weighted by atomic mass is 19.1. The van der Waals surface area contributed by atoms with Crippen LogP contribution < -0.4 is 0 Å². The lowest BCUT2D eigenvalue weighted by Crippen LogP contribution is -2.40. The van der Waals surface area contributed by atoms with Crippen LogP contribution in [-0.4, -0.2) is 41.9 Å². The van der Waals surface area contributed by atoms with Gasteiger partial charge in [0.25, 0.3) is 0 Å². The Kier molecular flexibility index (Phi) is 7.46. The van der Waals surface area contributed by atoms with E-state index in [1.807, 2.05) is 6.92 Å². The Bertz CT molecular complexity index is 501. The number of carbonyl (C=O) groups is 1. The van der Waals surface area contributed by atoms with Crippen molar-refractivity contribution in [2.24, 2.45) is 0 Å². The van der Waals surface area contributed by atoms with Gasteiger partial charge in [-0.1, -0.05) is 25.1 Å². The molecule has 0 aliphatic rings. The minimum absolute atomic E-state index is 0.0175. The Hall–Kier alpha value is -2.01. The van der Waals surface area contributed by atoms with E-state index in [9.17, 15) is 13.6 Å². The third-order valence-electron chi connectivity index (χ3n) is 3.30. The smallest absolute Gasteiger partial charge is 0.237 e. The molecular weight excluding hydrogens is 286 g/mol. The Balaban J connectivity index is 2.77. The quantitative estimate of drug-likeness (QED) is 0.655. The summed E-state index contributed by atoms with van der Waals surface area (Å²) in [5.41, 5.74) is -0.0175. The molecule has 0 aromatic heterocycles. The summed E-state index contributed by atoms with van der Waals surface area (Å²) in [5, 5.41) is 0. The largest absolute Gasteiger partial charge is 0.334 e. The third kappa shape index (κ3) is 5.07. The molecule has 22 heavy (non-hydrogen) atoms. The number of likely N-dealkylation sites (N-methyl/N-ethyl adjacent to an activating group) is 1. The molecule has 1 aromatic carbocycles. The van der Waals surface area contributed by atoms with Crippen molar-refractivity contribution in [1.29, 1.82) is 0 Å². The molecule has 3 nitrogen and oxygen atoms in total. The highest BCUT2D eigenvalue weighted by Crippen LogP contribution is 2.14. The lowest BCUT2D eigenvalue weighted by Gasteiger charge is -2.25. The lowest BCUT2D eigenvalue weighted by molar-refractivity contribution is -0.131. The summed E-state index contributed by atoms with van der Waals surface area (Å²) in [5.74, 6) is -1.32. The van der Waals surface area contributed by atoms with Crippen molar-refractivity contribution in [3.8, 4) is 0 Å². The summed E-state index contributed by atoms with van der Waals surface area (Å²) in [6.45, 7) is 10.6. The Morgan fingerprint density at radius 1 is 1.18 bits per heavy atom. The second-order valence-corrected chi connectivity index (χ2v) is 4.88. The first kappa shape index (κ1) is 18.0. The monoisotopic (exact) mass is 308 g/mol. The number of halogens is 2. The van der Waals surface area contributed by atoms with Crippen molar-refractivity contribution in [3.63, 3.8) is 0 Å². The van der Waals surface area contributed by atoms with E-state index in [0.29, 0.717) is 19.6 Å². The fourth-order valence-corrected chi connectivity index (χ4v) is 2.07. The van der Waals surface area contributed by atoms with E-state index in [2.05, 4.69) is 13.2 Å². The molecule has 5 heteroatoms. The molecular formula is C17H22F2N2O. The minimum Gasteiger partial charge on any atom is -0.334 e. The number of hydrogen-bond donors (Lipinski definition) is 0. The number of rotatable bonds is 9. The molecule has 1 amide bonds. The molecule has 0 spiro atoms. The first-order valence-electron chi connectivity index (χ1n) is 7.18. The van der Waals surface area contributed by atoms with E-state index in [0.717, 1.165) is 0 Å². The molecule has 0 fully saturated rings. The van der Waals surface area contributed by atoms with Gasteiger partial charge in [0.05, 0.1) is 6.54 Å². The van der Waals surface area contributed by atoms with Crippen LogP contribution in [0.2, 0.25) is 0 Å². The zero-order valence-electron chi connectivity index (χ0n) is 12.9. The molecule has 120 valence electrons. The maximum Gasteiger partial charge on any atom is 0.237 e. The molecule has 0 saturated heterocycles. The van der Waals surface area contributed by atoms with Gasteiger partial charge >= 0.3 is 0 Å². The third-order valence-corrected chi connectivity index (χ3v) is 3.30. The van der Waals surface area contributed by atoms with Gasteiger partial charge in [0.1, 0.15) is 11.6 Å². The van der Waals surface area contributed by atoms with Crippen LogP contribution in [0.5, 0.6) is 0 Å². The van der Waals surface area contributed by atoms with Gasteiger partial charge in [-0.15, -0.1) is 13.2 Å². The standard InChI is InChI=1S/C17H22F2N2O/c1-4-10-21(11-5-2)17(22)13-20(6-3)12-14-15(18)8-7-9-16(14)19/h4-5,7-9H,1-2,6,10-13H2,3H3. The highest BCUT2D eigenvalue weighted by molar-refractivity contribution is 5.78. The summed E-state index contributed by atoms with van der Waals surface area (Å²) in [6.07, 6.45) is 3.27. The van der Waals surface area contributed by atoms with Gasteiger partial charge in [0.2, 0.25) is 5.91 Å². The zero-order chi connectivity index (χ0) is 16.5. The number of carbonyl (C=O) groups excluding carboxylic acids is 1. The SMILES string of the molecule is C=CCN(CC=C)C(=O)CN(CC)Cc1c(F)cccc1F. The first-order valence-corrected chi connectivity index (χ1v) is 7.18. The zero-order valence-corrected chi connectivity index (χ0v) is 12.9. The molecule has 0 aliphatic carbocycles. The molecule has 0 bridgehead atoms. The summed E-state index contributed by atoms with van der Waals surface area (Å²) in [6, 6.07) is 3.76. The van der Waals surface area contributed by atoms with Crippen molar-refractivity contribution in [2.45, 2.75) is 13.5 Å². The van der Waals surface area contributed by atoms with E-state index in [1.54, 1.807) is 22.0 Å². The minimum atomic E-state index is -0.597. The van der Waals surface area contributed by atoms with E-state index in [-0.39, 0.29) is 24.6 Å². The van der Waals surface area contributed by atoms with Crippen LogP contribution in [0.3, 0.4) is 0 Å². The Labute approximate surface area is 130 Å². The van der Waals surface area contributed by atoms with Gasteiger partial charge in [-0.25, -0.2) is 8.78 Å². The molecule has 1 rings (SSSR count). The van der Waals surface area contributed by atoms with E-state index >= 15 is 0 Å². The van der Waals surface area contributed by atoms with Gasteiger partial charge in [-0.05, 0) is 18.7 Å². The summed E-state index contributed by atoms with van der Waals surface area (Å²) in [4.78, 5) is 15.5. The molecule has 0 radical (unpaired) electrons. The van der Waals surface area contributed by atoms with E-state index in [1.165, 1.54) is 18.2 Å². The molecule has 0 aliphatic heterocycles. The van der Waals surface area contributed by atoms with Crippen LogP contribution in [0.1, 0.15) is 12.5 Å². The molecule has 0 heterocycles. The van der Waals surface area contributed by atoms with Crippen LogP contribution in [0.25, 0.3) is 0 Å². The van der Waals surface area contributed by atoms with Crippen molar-refractivity contribution >= 4 is 5.91 Å². The van der Waals surface area contributed by atoms with Crippen molar-refractivity contribution in [3.05, 3.63) is 60.7 Å². The molecule has 1 aromatic rings. The topological polar surface area (TPSA) is 23.6 Å². The second-order valence-electron chi connectivity index (χ2n) is 4.88. The molecule has 0 atom stereocenters. The normalized spacial score (nSPS) is 10.5. The molecule has 0 unspecified atom stereocenters. The van der Waals surface area contributed by atoms with Crippen LogP contribution in [0, 0.1) is 11.6 Å². The van der Waals surface area contributed by atoms with E-state index in [4.69, 9.17) is 0 Å². The summed E-state index contributed by atoms with van der Waals surface area (Å²) >= 11 is 0. The van der Waals surface area contributed by atoms with Crippen molar-refractivity contribution in [1.82, 2.24) is 9.80 Å². The lowest BCUT2D eigenvalue weighted by atomic mass is 10.2. The predicted molar refractivity (Wildman–Crippen MR) is 84.3 cm³/mol. The van der Waals surface area contributed by atoms with Crippen LogP contribution in [-0.2, 0) is 11.3 Å². The second kappa shape index (κ2) is 9.10. The number of nitrogens with zero attached hydrogens (tertiary/aromatic N) is 2. The fourth-order valence-electron chi connectivity index (χ4n) is 2.07. The Morgan fingerprint density at radius 3 is 2.18 bits per heavy atom. The number of amides is 1. The Morgan fingerprint density at radius 2 is 1.73 bits per heavy atom. The summed E-state index contributed by atoms with van der Waals surface area (Å²) in [7, 11) is 0. The first-order chi connectivity index (χ1) is 10.5. The predicted octanol–water partition coefficient (Wildman–Crippen LogP) is 2.99. The number of benzene rings is 1. The highest BCUT2D eigenvalue weighted by Gasteiger charge is 2.18. The van der Waals surface area contributed by atoms with Gasteiger partial charge in [0.15, 0.2) is 0 Å².